The predicted octanol–water partition coefficient (Wildman–Crippen LogP) is 4.79. The minimum Gasteiger partial charge on any atom is -0.321 e. The lowest BCUT2D eigenvalue weighted by molar-refractivity contribution is 0.102. The van der Waals surface area contributed by atoms with Crippen LogP contribution in [0.4, 0.5) is 11.4 Å². The van der Waals surface area contributed by atoms with Gasteiger partial charge >= 0.3 is 0 Å². The number of nitrogens with one attached hydrogen (secondary N) is 1. The fourth-order valence-electron chi connectivity index (χ4n) is 2.43. The van der Waals surface area contributed by atoms with Crippen LogP contribution >= 0.6 is 22.9 Å². The maximum absolute atomic E-state index is 13.0. The van der Waals surface area contributed by atoms with Crippen LogP contribution in [0, 0.1) is 6.92 Å². The van der Waals surface area contributed by atoms with Crippen molar-refractivity contribution >= 4 is 50.2 Å². The first-order valence-corrected chi connectivity index (χ1v) is 10.7. The Morgan fingerprint density at radius 2 is 1.67 bits per heavy atom. The van der Waals surface area contributed by atoms with Crippen molar-refractivity contribution in [2.45, 2.75) is 11.8 Å². The van der Waals surface area contributed by atoms with Gasteiger partial charge in [-0.05, 0) is 54.8 Å². The van der Waals surface area contributed by atoms with Crippen molar-refractivity contribution in [2.75, 3.05) is 16.7 Å². The van der Waals surface area contributed by atoms with Gasteiger partial charge in [0.05, 0.1) is 5.69 Å². The molecule has 0 saturated carbocycles. The predicted molar refractivity (Wildman–Crippen MR) is 110 cm³/mol. The van der Waals surface area contributed by atoms with Crippen LogP contribution in [-0.2, 0) is 10.0 Å². The van der Waals surface area contributed by atoms with Gasteiger partial charge in [0.15, 0.2) is 0 Å². The molecule has 0 unspecified atom stereocenters. The van der Waals surface area contributed by atoms with Crippen molar-refractivity contribution in [1.29, 1.82) is 0 Å². The van der Waals surface area contributed by atoms with Crippen LogP contribution < -0.4 is 9.62 Å². The van der Waals surface area contributed by atoms with Gasteiger partial charge < -0.3 is 5.32 Å². The maximum Gasteiger partial charge on any atom is 0.267 e. The highest BCUT2D eigenvalue weighted by atomic mass is 35.5. The third kappa shape index (κ3) is 4.16. The summed E-state index contributed by atoms with van der Waals surface area (Å²) in [5, 5.41) is 4.84. The number of nitrogens with zero attached hydrogens (tertiary/aromatic N) is 1. The van der Waals surface area contributed by atoms with Crippen molar-refractivity contribution < 1.29 is 13.2 Å². The monoisotopic (exact) mass is 420 g/mol. The molecule has 1 N–H and O–H groups in total. The Morgan fingerprint density at radius 1 is 1.04 bits per heavy atom. The lowest BCUT2D eigenvalue weighted by atomic mass is 10.2. The Kier molecular flexibility index (Phi) is 5.55. The summed E-state index contributed by atoms with van der Waals surface area (Å²) in [6.07, 6.45) is 0. The third-order valence-electron chi connectivity index (χ3n) is 3.97. The summed E-state index contributed by atoms with van der Waals surface area (Å²) in [7, 11) is -2.40. The van der Waals surface area contributed by atoms with Gasteiger partial charge in [-0.1, -0.05) is 29.3 Å². The third-order valence-corrected chi connectivity index (χ3v) is 7.10. The maximum atomic E-state index is 13.0. The van der Waals surface area contributed by atoms with E-state index < -0.39 is 15.9 Å². The molecule has 0 atom stereocenters. The fourth-order valence-corrected chi connectivity index (χ4v) is 5.04. The first kappa shape index (κ1) is 19.4. The quantitative estimate of drug-likeness (QED) is 0.645. The van der Waals surface area contributed by atoms with E-state index >= 15 is 0 Å². The summed E-state index contributed by atoms with van der Waals surface area (Å²) >= 11 is 6.92. The van der Waals surface area contributed by atoms with Crippen molar-refractivity contribution in [3.63, 3.8) is 0 Å². The molecular weight excluding hydrogens is 404 g/mol. The molecule has 0 fully saturated rings. The molecule has 0 spiro atoms. The zero-order valence-corrected chi connectivity index (χ0v) is 17.0. The number of rotatable bonds is 5. The number of aryl methyl sites for hydroxylation is 1. The van der Waals surface area contributed by atoms with Crippen LogP contribution in [0.25, 0.3) is 0 Å². The SMILES string of the molecule is Cc1ccc(N(C)S(=O)(=O)c2ccsc2C(=O)Nc2ccc(Cl)cc2)cc1. The fraction of sp³-hybridized carbons (Fsp3) is 0.105. The molecule has 0 aliphatic carbocycles. The zero-order valence-electron chi connectivity index (χ0n) is 14.6. The van der Waals surface area contributed by atoms with Gasteiger partial charge in [0.1, 0.15) is 9.77 Å². The average Bonchev–Trinajstić information content (AvgIpc) is 3.14. The molecule has 2 aromatic carbocycles. The van der Waals surface area contributed by atoms with Crippen LogP contribution in [-0.4, -0.2) is 21.4 Å². The summed E-state index contributed by atoms with van der Waals surface area (Å²) in [5.41, 5.74) is 2.09. The molecule has 8 heteroatoms. The van der Waals surface area contributed by atoms with E-state index in [4.69, 9.17) is 11.6 Å². The van der Waals surface area contributed by atoms with Crippen molar-refractivity contribution in [3.05, 3.63) is 75.4 Å². The van der Waals surface area contributed by atoms with E-state index in [0.717, 1.165) is 16.9 Å². The molecule has 0 aliphatic rings. The topological polar surface area (TPSA) is 66.5 Å². The second-order valence-electron chi connectivity index (χ2n) is 5.88. The highest BCUT2D eigenvalue weighted by molar-refractivity contribution is 7.93. The number of benzene rings is 2. The Hall–Kier alpha value is -2.35. The van der Waals surface area contributed by atoms with Gasteiger partial charge in [0.2, 0.25) is 0 Å². The molecule has 0 aliphatic heterocycles. The summed E-state index contributed by atoms with van der Waals surface area (Å²) in [5.74, 6) is -0.483. The number of anilines is 2. The summed E-state index contributed by atoms with van der Waals surface area (Å²) < 4.78 is 27.2. The first-order valence-electron chi connectivity index (χ1n) is 7.99. The Bertz CT molecular complexity index is 1060. The van der Waals surface area contributed by atoms with Gasteiger partial charge in [-0.3, -0.25) is 9.10 Å². The van der Waals surface area contributed by atoms with Crippen molar-refractivity contribution in [3.8, 4) is 0 Å². The van der Waals surface area contributed by atoms with Crippen LogP contribution in [0.2, 0.25) is 5.02 Å². The van der Waals surface area contributed by atoms with Crippen molar-refractivity contribution in [2.24, 2.45) is 0 Å². The molecule has 3 rings (SSSR count). The van der Waals surface area contributed by atoms with Crippen molar-refractivity contribution in [1.82, 2.24) is 0 Å². The smallest absolute Gasteiger partial charge is 0.267 e. The Balaban J connectivity index is 1.89. The van der Waals surface area contributed by atoms with E-state index in [1.807, 2.05) is 19.1 Å². The molecular formula is C19H17ClN2O3S2. The van der Waals surface area contributed by atoms with Crippen LogP contribution in [0.15, 0.2) is 64.9 Å². The summed E-state index contributed by atoms with van der Waals surface area (Å²) in [6, 6.07) is 15.2. The molecule has 0 radical (unpaired) electrons. The van der Waals surface area contributed by atoms with Crippen LogP contribution in [0.1, 0.15) is 15.2 Å². The van der Waals surface area contributed by atoms with Gasteiger partial charge in [0.25, 0.3) is 15.9 Å². The average molecular weight is 421 g/mol. The molecule has 0 saturated heterocycles. The highest BCUT2D eigenvalue weighted by Gasteiger charge is 2.28. The molecule has 1 amide bonds. The lowest BCUT2D eigenvalue weighted by Crippen LogP contribution is -2.28. The molecule has 5 nitrogen and oxygen atoms in total. The van der Waals surface area contributed by atoms with Crippen LogP contribution in [0.5, 0.6) is 0 Å². The summed E-state index contributed by atoms with van der Waals surface area (Å²) in [6.45, 7) is 1.93. The number of halogens is 1. The minimum absolute atomic E-state index is 0.0259. The molecule has 27 heavy (non-hydrogen) atoms. The number of hydrogen-bond acceptors (Lipinski definition) is 4. The molecule has 0 bridgehead atoms. The van der Waals surface area contributed by atoms with Gasteiger partial charge in [-0.2, -0.15) is 0 Å². The molecule has 3 aromatic rings. The highest BCUT2D eigenvalue weighted by Crippen LogP contribution is 2.29. The normalized spacial score (nSPS) is 11.2. The molecule has 1 heterocycles. The van der Waals surface area contributed by atoms with E-state index in [2.05, 4.69) is 5.32 Å². The Morgan fingerprint density at radius 3 is 2.30 bits per heavy atom. The molecule has 1 aromatic heterocycles. The second kappa shape index (κ2) is 7.72. The van der Waals surface area contributed by atoms with E-state index in [1.54, 1.807) is 41.8 Å². The van der Waals surface area contributed by atoms with Gasteiger partial charge in [-0.25, -0.2) is 8.42 Å². The van der Waals surface area contributed by atoms with E-state index in [9.17, 15) is 13.2 Å². The number of hydrogen-bond donors (Lipinski definition) is 1. The minimum atomic E-state index is -3.87. The molecule has 140 valence electrons. The van der Waals surface area contributed by atoms with Gasteiger partial charge in [-0.15, -0.1) is 11.3 Å². The van der Waals surface area contributed by atoms with E-state index in [1.165, 1.54) is 17.4 Å². The zero-order chi connectivity index (χ0) is 19.6. The number of sulfonamides is 1. The number of carbonyl (C=O) groups excluding carboxylic acids is 1. The van der Waals surface area contributed by atoms with Crippen LogP contribution in [0.3, 0.4) is 0 Å². The number of amides is 1. The van der Waals surface area contributed by atoms with Gasteiger partial charge in [0, 0.05) is 17.8 Å². The summed E-state index contributed by atoms with van der Waals surface area (Å²) in [4.78, 5) is 12.7. The van der Waals surface area contributed by atoms with E-state index in [-0.39, 0.29) is 9.77 Å². The first-order chi connectivity index (χ1) is 12.8. The number of thiophene rings is 1. The van der Waals surface area contributed by atoms with E-state index in [0.29, 0.717) is 16.4 Å². The standard InChI is InChI=1S/C19H17ClN2O3S2/c1-13-3-9-16(10-4-13)22(2)27(24,25)17-11-12-26-18(17)19(23)21-15-7-5-14(20)6-8-15/h3-12H,1-2H3,(H,21,23). The lowest BCUT2D eigenvalue weighted by Gasteiger charge is -2.19. The largest absolute Gasteiger partial charge is 0.321 e. The second-order valence-corrected chi connectivity index (χ2v) is 9.17. The Labute approximate surface area is 167 Å². The number of carbonyl (C=O) groups is 1.